The Morgan fingerprint density at radius 3 is 1.41 bits per heavy atom. The maximum absolute atomic E-state index is 2.41. The van der Waals surface area contributed by atoms with E-state index in [0.29, 0.717) is 0 Å². The van der Waals surface area contributed by atoms with Gasteiger partial charge in [0.25, 0.3) is 0 Å². The van der Waals surface area contributed by atoms with Crippen molar-refractivity contribution in [1.29, 1.82) is 0 Å². The first-order valence-electron chi connectivity index (χ1n) is 21.0. The Hall–Kier alpha value is -8.00. The third kappa shape index (κ3) is 6.83. The third-order valence-corrected chi connectivity index (χ3v) is 12.1. The lowest BCUT2D eigenvalue weighted by Crippen LogP contribution is -2.11. The average molecular weight is 776 g/mol. The van der Waals surface area contributed by atoms with Crippen LogP contribution in [0.1, 0.15) is 0 Å². The van der Waals surface area contributed by atoms with Crippen LogP contribution in [0, 0.1) is 0 Å². The number of hydrogen-bond acceptors (Lipinski definition) is 1. The standard InChI is InChI=1S/C60H41N/c1-2-15-42(16-3-1)46-20-12-21-47(39-46)43-31-35-51(36-32-43)61(52-37-33-45(34-38-52)59-41-50-18-5-7-25-55(50)57-27-8-9-28-58(57)59)60-30-11-10-26-56(60)49-23-13-22-48(40-49)54-29-14-19-44-17-4-6-24-53(44)54/h1-41H. The van der Waals surface area contributed by atoms with Crippen LogP contribution in [-0.4, -0.2) is 0 Å². The molecule has 11 aromatic rings. The van der Waals surface area contributed by atoms with E-state index in [1.165, 1.54) is 82.4 Å². The Morgan fingerprint density at radius 1 is 0.213 bits per heavy atom. The van der Waals surface area contributed by atoms with Crippen molar-refractivity contribution in [3.8, 4) is 55.6 Å². The quantitative estimate of drug-likeness (QED) is 0.139. The zero-order chi connectivity index (χ0) is 40.5. The summed E-state index contributed by atoms with van der Waals surface area (Å²) < 4.78 is 0. The van der Waals surface area contributed by atoms with Crippen LogP contribution < -0.4 is 4.90 Å². The molecule has 0 heterocycles. The number of para-hydroxylation sites is 1. The smallest absolute Gasteiger partial charge is 0.0540 e. The molecule has 11 aromatic carbocycles. The second kappa shape index (κ2) is 15.6. The molecule has 0 bridgehead atoms. The lowest BCUT2D eigenvalue weighted by atomic mass is 9.93. The van der Waals surface area contributed by atoms with Crippen LogP contribution in [0.15, 0.2) is 249 Å². The molecule has 0 unspecified atom stereocenters. The van der Waals surface area contributed by atoms with Crippen molar-refractivity contribution in [2.24, 2.45) is 0 Å². The summed E-state index contributed by atoms with van der Waals surface area (Å²) in [6, 6.07) is 90.4. The molecule has 0 aromatic heterocycles. The van der Waals surface area contributed by atoms with E-state index in [1.807, 2.05) is 0 Å². The van der Waals surface area contributed by atoms with Gasteiger partial charge in [-0.05, 0) is 131 Å². The van der Waals surface area contributed by atoms with Gasteiger partial charge >= 0.3 is 0 Å². The molecule has 0 saturated heterocycles. The molecule has 11 rings (SSSR count). The van der Waals surface area contributed by atoms with Gasteiger partial charge in [0, 0.05) is 16.9 Å². The molecule has 0 radical (unpaired) electrons. The molecule has 0 amide bonds. The van der Waals surface area contributed by atoms with Crippen molar-refractivity contribution < 1.29 is 0 Å². The highest BCUT2D eigenvalue weighted by molar-refractivity contribution is 6.13. The minimum Gasteiger partial charge on any atom is -0.310 e. The van der Waals surface area contributed by atoms with Crippen LogP contribution in [0.2, 0.25) is 0 Å². The fraction of sp³-hybridized carbons (Fsp3) is 0. The minimum atomic E-state index is 1.09. The monoisotopic (exact) mass is 775 g/mol. The highest BCUT2D eigenvalue weighted by atomic mass is 15.1. The molecule has 0 atom stereocenters. The summed E-state index contributed by atoms with van der Waals surface area (Å²) in [6.45, 7) is 0. The largest absolute Gasteiger partial charge is 0.310 e. The van der Waals surface area contributed by atoms with Crippen LogP contribution in [0.4, 0.5) is 17.1 Å². The molecule has 0 aliphatic rings. The van der Waals surface area contributed by atoms with Crippen LogP contribution in [0.3, 0.4) is 0 Å². The molecule has 61 heavy (non-hydrogen) atoms. The SMILES string of the molecule is c1ccc(-c2cccc(-c3ccc(N(c4ccc(-c5cc6ccccc6c6ccccc56)cc4)c4ccccc4-c4cccc(-c5cccc6ccccc56)c4)cc3)c2)cc1. The van der Waals surface area contributed by atoms with Crippen molar-refractivity contribution in [2.75, 3.05) is 4.90 Å². The van der Waals surface area contributed by atoms with Gasteiger partial charge in [-0.3, -0.25) is 0 Å². The normalized spacial score (nSPS) is 11.3. The first-order chi connectivity index (χ1) is 30.2. The van der Waals surface area contributed by atoms with E-state index in [2.05, 4.69) is 254 Å². The predicted octanol–water partition coefficient (Wildman–Crippen LogP) is 17.0. The average Bonchev–Trinajstić information content (AvgIpc) is 3.34. The number of benzene rings is 11. The third-order valence-electron chi connectivity index (χ3n) is 12.1. The van der Waals surface area contributed by atoms with Crippen LogP contribution in [-0.2, 0) is 0 Å². The van der Waals surface area contributed by atoms with E-state index >= 15 is 0 Å². The predicted molar refractivity (Wildman–Crippen MR) is 261 cm³/mol. The Bertz CT molecular complexity index is 3340. The van der Waals surface area contributed by atoms with E-state index in [9.17, 15) is 0 Å². The van der Waals surface area contributed by atoms with Crippen molar-refractivity contribution in [2.45, 2.75) is 0 Å². The van der Waals surface area contributed by atoms with Crippen LogP contribution >= 0.6 is 0 Å². The summed E-state index contributed by atoms with van der Waals surface area (Å²) in [4.78, 5) is 2.41. The molecule has 286 valence electrons. The highest BCUT2D eigenvalue weighted by Gasteiger charge is 2.19. The Morgan fingerprint density at radius 2 is 0.672 bits per heavy atom. The Labute approximate surface area is 357 Å². The van der Waals surface area contributed by atoms with Gasteiger partial charge in [-0.2, -0.15) is 0 Å². The molecule has 0 fully saturated rings. The van der Waals surface area contributed by atoms with E-state index in [0.717, 1.165) is 22.6 Å². The first-order valence-corrected chi connectivity index (χ1v) is 21.0. The Kier molecular flexibility index (Phi) is 9.26. The van der Waals surface area contributed by atoms with Crippen molar-refractivity contribution in [1.82, 2.24) is 0 Å². The highest BCUT2D eigenvalue weighted by Crippen LogP contribution is 2.44. The van der Waals surface area contributed by atoms with Gasteiger partial charge in [0.2, 0.25) is 0 Å². The van der Waals surface area contributed by atoms with E-state index in [1.54, 1.807) is 0 Å². The first kappa shape index (κ1) is 36.1. The summed E-state index contributed by atoms with van der Waals surface area (Å²) in [6.07, 6.45) is 0. The minimum absolute atomic E-state index is 1.09. The van der Waals surface area contributed by atoms with Crippen LogP contribution in [0.5, 0.6) is 0 Å². The van der Waals surface area contributed by atoms with E-state index < -0.39 is 0 Å². The van der Waals surface area contributed by atoms with Gasteiger partial charge in [-0.1, -0.05) is 200 Å². The summed E-state index contributed by atoms with van der Waals surface area (Å²) >= 11 is 0. The van der Waals surface area contributed by atoms with Crippen molar-refractivity contribution in [3.05, 3.63) is 249 Å². The second-order valence-electron chi connectivity index (χ2n) is 15.7. The molecule has 0 N–H and O–H groups in total. The molecule has 0 spiro atoms. The fourth-order valence-electron chi connectivity index (χ4n) is 9.07. The molecule has 0 aliphatic heterocycles. The van der Waals surface area contributed by atoms with E-state index in [-0.39, 0.29) is 0 Å². The number of hydrogen-bond donors (Lipinski definition) is 0. The van der Waals surface area contributed by atoms with Gasteiger partial charge < -0.3 is 4.90 Å². The number of nitrogens with zero attached hydrogens (tertiary/aromatic N) is 1. The second-order valence-corrected chi connectivity index (χ2v) is 15.7. The Balaban J connectivity index is 1.04. The van der Waals surface area contributed by atoms with E-state index in [4.69, 9.17) is 0 Å². The van der Waals surface area contributed by atoms with Gasteiger partial charge in [0.05, 0.1) is 5.69 Å². The number of fused-ring (bicyclic) bond motifs is 4. The fourth-order valence-corrected chi connectivity index (χ4v) is 9.07. The number of anilines is 3. The van der Waals surface area contributed by atoms with Gasteiger partial charge in [-0.15, -0.1) is 0 Å². The summed E-state index contributed by atoms with van der Waals surface area (Å²) in [7, 11) is 0. The van der Waals surface area contributed by atoms with Crippen molar-refractivity contribution >= 4 is 49.4 Å². The molecular formula is C60H41N. The zero-order valence-corrected chi connectivity index (χ0v) is 33.6. The summed E-state index contributed by atoms with van der Waals surface area (Å²) in [5.41, 5.74) is 15.3. The molecule has 1 heteroatoms. The lowest BCUT2D eigenvalue weighted by molar-refractivity contribution is 1.28. The zero-order valence-electron chi connectivity index (χ0n) is 33.6. The van der Waals surface area contributed by atoms with Crippen LogP contribution in [0.25, 0.3) is 88.0 Å². The maximum atomic E-state index is 2.41. The van der Waals surface area contributed by atoms with Crippen molar-refractivity contribution in [3.63, 3.8) is 0 Å². The molecular weight excluding hydrogens is 735 g/mol. The van der Waals surface area contributed by atoms with Gasteiger partial charge in [-0.25, -0.2) is 0 Å². The maximum Gasteiger partial charge on any atom is 0.0540 e. The van der Waals surface area contributed by atoms with Gasteiger partial charge in [0.15, 0.2) is 0 Å². The molecule has 0 saturated carbocycles. The summed E-state index contributed by atoms with van der Waals surface area (Å²) in [5.74, 6) is 0. The lowest BCUT2D eigenvalue weighted by Gasteiger charge is -2.28. The van der Waals surface area contributed by atoms with Gasteiger partial charge in [0.1, 0.15) is 0 Å². The topological polar surface area (TPSA) is 3.24 Å². The molecule has 0 aliphatic carbocycles. The summed E-state index contributed by atoms with van der Waals surface area (Å²) in [5, 5.41) is 7.56. The number of rotatable bonds is 8. The molecule has 1 nitrogen and oxygen atoms in total.